The number of imide groups is 1. The van der Waals surface area contributed by atoms with Crippen molar-refractivity contribution in [3.63, 3.8) is 0 Å². The zero-order chi connectivity index (χ0) is 21.3. The fraction of sp³-hybridized carbons (Fsp3) is 0.190. The Labute approximate surface area is 171 Å². The number of rotatable bonds is 5. The van der Waals surface area contributed by atoms with Gasteiger partial charge in [0, 0.05) is 6.54 Å². The van der Waals surface area contributed by atoms with E-state index in [0.29, 0.717) is 22.5 Å². The molecule has 0 radical (unpaired) electrons. The average Bonchev–Trinajstić information content (AvgIpc) is 3.00. The van der Waals surface area contributed by atoms with Crippen LogP contribution in [0.5, 0.6) is 0 Å². The topological polar surface area (TPSA) is 113 Å². The van der Waals surface area contributed by atoms with Gasteiger partial charge in [-0.15, -0.1) is 0 Å². The van der Waals surface area contributed by atoms with Crippen LogP contribution in [0.15, 0.2) is 48.5 Å². The smallest absolute Gasteiger partial charge is 0.308 e. The van der Waals surface area contributed by atoms with Gasteiger partial charge < -0.3 is 10.1 Å². The van der Waals surface area contributed by atoms with Crippen LogP contribution in [0.3, 0.4) is 0 Å². The van der Waals surface area contributed by atoms with Crippen LogP contribution in [-0.2, 0) is 19.1 Å². The molecular weight excluding hydrogens is 390 g/mol. The third-order valence-corrected chi connectivity index (χ3v) is 4.85. The number of hydrogen-bond donors (Lipinski definition) is 1. The Hall–Kier alpha value is -4.01. The standard InChI is InChI=1S/C21H17N3O6/c25-17-11-24(16-8-4-3-7-15(16)22-17)18(26)12-30-19(27)9-10-23-20(28)13-5-1-2-6-14(13)21(23)29/h1-8H,9-12H2,(H,22,25). The highest BCUT2D eigenvalue weighted by molar-refractivity contribution is 6.21. The number of benzene rings is 2. The summed E-state index contributed by atoms with van der Waals surface area (Å²) < 4.78 is 5.00. The van der Waals surface area contributed by atoms with Gasteiger partial charge in [-0.3, -0.25) is 33.8 Å². The summed E-state index contributed by atoms with van der Waals surface area (Å²) in [4.78, 5) is 63.2. The lowest BCUT2D eigenvalue weighted by molar-refractivity contribution is -0.147. The van der Waals surface area contributed by atoms with E-state index in [1.807, 2.05) is 0 Å². The summed E-state index contributed by atoms with van der Waals surface area (Å²) in [6.07, 6.45) is -0.240. The SMILES string of the molecule is O=C1CN(C(=O)COC(=O)CCN2C(=O)c3ccccc3C2=O)c2ccccc2N1. The van der Waals surface area contributed by atoms with Gasteiger partial charge in [0.25, 0.3) is 17.7 Å². The van der Waals surface area contributed by atoms with E-state index in [-0.39, 0.29) is 25.4 Å². The van der Waals surface area contributed by atoms with Gasteiger partial charge in [0.1, 0.15) is 6.54 Å². The summed E-state index contributed by atoms with van der Waals surface area (Å²) in [5.74, 6) is -2.55. The summed E-state index contributed by atoms with van der Waals surface area (Å²) in [6.45, 7) is -0.876. The molecule has 2 aromatic carbocycles. The molecular formula is C21H17N3O6. The molecule has 9 heteroatoms. The minimum atomic E-state index is -0.727. The zero-order valence-corrected chi connectivity index (χ0v) is 15.8. The lowest BCUT2D eigenvalue weighted by atomic mass is 10.1. The van der Waals surface area contributed by atoms with E-state index >= 15 is 0 Å². The molecule has 0 fully saturated rings. The Kier molecular flexibility index (Phi) is 5.01. The van der Waals surface area contributed by atoms with Crippen molar-refractivity contribution < 1.29 is 28.7 Å². The molecule has 4 rings (SSSR count). The van der Waals surface area contributed by atoms with E-state index in [1.165, 1.54) is 4.90 Å². The molecule has 0 atom stereocenters. The third kappa shape index (κ3) is 3.52. The van der Waals surface area contributed by atoms with Crippen molar-refractivity contribution >= 4 is 41.0 Å². The predicted octanol–water partition coefficient (Wildman–Crippen LogP) is 1.20. The van der Waals surface area contributed by atoms with Crippen LogP contribution in [-0.4, -0.2) is 54.2 Å². The maximum Gasteiger partial charge on any atom is 0.308 e. The minimum Gasteiger partial charge on any atom is -0.455 e. The molecule has 0 aromatic heterocycles. The molecule has 0 unspecified atom stereocenters. The van der Waals surface area contributed by atoms with Crippen molar-refractivity contribution in [2.45, 2.75) is 6.42 Å². The maximum absolute atomic E-state index is 12.5. The number of nitrogens with zero attached hydrogens (tertiary/aromatic N) is 2. The lowest BCUT2D eigenvalue weighted by Crippen LogP contribution is -2.44. The molecule has 0 aliphatic carbocycles. The normalized spacial score (nSPS) is 14.9. The molecule has 0 spiro atoms. The summed E-state index contributed by atoms with van der Waals surface area (Å²) in [6, 6.07) is 13.2. The van der Waals surface area contributed by atoms with E-state index in [4.69, 9.17) is 4.74 Å². The Bertz CT molecular complexity index is 1040. The number of fused-ring (bicyclic) bond motifs is 2. The molecule has 0 saturated heterocycles. The van der Waals surface area contributed by atoms with E-state index in [9.17, 15) is 24.0 Å². The van der Waals surface area contributed by atoms with Crippen molar-refractivity contribution in [3.05, 3.63) is 59.7 Å². The number of amides is 4. The van der Waals surface area contributed by atoms with Crippen LogP contribution in [0, 0.1) is 0 Å². The van der Waals surface area contributed by atoms with Gasteiger partial charge in [-0.1, -0.05) is 24.3 Å². The van der Waals surface area contributed by atoms with Gasteiger partial charge >= 0.3 is 5.97 Å². The first-order chi connectivity index (χ1) is 14.5. The fourth-order valence-corrected chi connectivity index (χ4v) is 3.39. The van der Waals surface area contributed by atoms with E-state index in [0.717, 1.165) is 4.90 Å². The monoisotopic (exact) mass is 407 g/mol. The van der Waals surface area contributed by atoms with Crippen molar-refractivity contribution in [1.82, 2.24) is 4.90 Å². The number of nitrogens with one attached hydrogen (secondary N) is 1. The summed E-state index contributed by atoms with van der Waals surface area (Å²) >= 11 is 0. The molecule has 4 amide bonds. The van der Waals surface area contributed by atoms with Gasteiger partial charge in [0.05, 0.1) is 28.9 Å². The molecule has 0 bridgehead atoms. The van der Waals surface area contributed by atoms with E-state index in [1.54, 1.807) is 48.5 Å². The summed E-state index contributed by atoms with van der Waals surface area (Å²) in [7, 11) is 0. The van der Waals surface area contributed by atoms with Crippen LogP contribution >= 0.6 is 0 Å². The van der Waals surface area contributed by atoms with Crippen LogP contribution in [0.25, 0.3) is 0 Å². The van der Waals surface area contributed by atoms with Crippen LogP contribution in [0.1, 0.15) is 27.1 Å². The molecule has 2 heterocycles. The third-order valence-electron chi connectivity index (χ3n) is 4.85. The van der Waals surface area contributed by atoms with Gasteiger partial charge in [-0.2, -0.15) is 0 Å². The maximum atomic E-state index is 12.5. The second-order valence-electron chi connectivity index (χ2n) is 6.76. The second-order valence-corrected chi connectivity index (χ2v) is 6.76. The number of esters is 1. The number of carbonyl (C=O) groups is 5. The van der Waals surface area contributed by atoms with Gasteiger partial charge in [0.15, 0.2) is 6.61 Å². The van der Waals surface area contributed by atoms with Crippen LogP contribution < -0.4 is 10.2 Å². The minimum absolute atomic E-state index is 0.145. The highest BCUT2D eigenvalue weighted by atomic mass is 16.5. The highest BCUT2D eigenvalue weighted by Gasteiger charge is 2.35. The lowest BCUT2D eigenvalue weighted by Gasteiger charge is -2.28. The van der Waals surface area contributed by atoms with E-state index < -0.39 is 30.3 Å². The van der Waals surface area contributed by atoms with Gasteiger partial charge in [-0.25, -0.2) is 0 Å². The number of carbonyl (C=O) groups excluding carboxylic acids is 5. The molecule has 2 aliphatic heterocycles. The van der Waals surface area contributed by atoms with Crippen molar-refractivity contribution in [2.24, 2.45) is 0 Å². The summed E-state index contributed by atoms with van der Waals surface area (Å²) in [5, 5.41) is 2.67. The van der Waals surface area contributed by atoms with Gasteiger partial charge in [-0.05, 0) is 24.3 Å². The first kappa shape index (κ1) is 19.3. The first-order valence-corrected chi connectivity index (χ1v) is 9.26. The zero-order valence-electron chi connectivity index (χ0n) is 15.8. The Morgan fingerprint density at radius 1 is 0.933 bits per heavy atom. The Morgan fingerprint density at radius 2 is 1.57 bits per heavy atom. The van der Waals surface area contributed by atoms with Gasteiger partial charge in [0.2, 0.25) is 5.91 Å². The number of hydrogen-bond acceptors (Lipinski definition) is 6. The molecule has 152 valence electrons. The largest absolute Gasteiger partial charge is 0.455 e. The number of para-hydroxylation sites is 2. The summed E-state index contributed by atoms with van der Waals surface area (Å²) in [5.41, 5.74) is 1.62. The number of anilines is 2. The Morgan fingerprint density at radius 3 is 2.27 bits per heavy atom. The quantitative estimate of drug-likeness (QED) is 0.589. The van der Waals surface area contributed by atoms with Crippen LogP contribution in [0.2, 0.25) is 0 Å². The average molecular weight is 407 g/mol. The number of ether oxygens (including phenoxy) is 1. The molecule has 2 aromatic rings. The molecule has 2 aliphatic rings. The predicted molar refractivity (Wildman–Crippen MR) is 105 cm³/mol. The Balaban J connectivity index is 1.32. The highest BCUT2D eigenvalue weighted by Crippen LogP contribution is 2.29. The molecule has 0 saturated carbocycles. The second kappa shape index (κ2) is 7.78. The molecule has 9 nitrogen and oxygen atoms in total. The molecule has 1 N–H and O–H groups in total. The molecule has 30 heavy (non-hydrogen) atoms. The van der Waals surface area contributed by atoms with Crippen molar-refractivity contribution in [3.8, 4) is 0 Å². The van der Waals surface area contributed by atoms with Crippen molar-refractivity contribution in [1.29, 1.82) is 0 Å². The fourth-order valence-electron chi connectivity index (χ4n) is 3.39. The first-order valence-electron chi connectivity index (χ1n) is 9.26. The van der Waals surface area contributed by atoms with Crippen molar-refractivity contribution in [2.75, 3.05) is 29.9 Å². The van der Waals surface area contributed by atoms with E-state index in [2.05, 4.69) is 5.32 Å². The van der Waals surface area contributed by atoms with Crippen LogP contribution in [0.4, 0.5) is 11.4 Å².